The molecule has 1 aliphatic heterocycles. The molecule has 4 rings (SSSR count). The number of nitriles is 1. The van der Waals surface area contributed by atoms with E-state index < -0.39 is 11.2 Å². The van der Waals surface area contributed by atoms with Gasteiger partial charge in [-0.15, -0.1) is 0 Å². The van der Waals surface area contributed by atoms with Gasteiger partial charge in [0.05, 0.1) is 10.9 Å². The van der Waals surface area contributed by atoms with Crippen molar-refractivity contribution in [1.82, 2.24) is 0 Å². The quantitative estimate of drug-likeness (QED) is 0.380. The Bertz CT molecular complexity index is 1280. The highest BCUT2D eigenvalue weighted by Crippen LogP contribution is 2.43. The van der Waals surface area contributed by atoms with Crippen LogP contribution in [0.15, 0.2) is 89.5 Å². The Morgan fingerprint density at radius 3 is 2.42 bits per heavy atom. The van der Waals surface area contributed by atoms with E-state index in [-0.39, 0.29) is 11.5 Å². The molecule has 0 spiro atoms. The first-order chi connectivity index (χ1) is 16.0. The number of thioether (sulfide) groups is 1. The lowest BCUT2D eigenvalue weighted by atomic mass is 10.1. The summed E-state index contributed by atoms with van der Waals surface area (Å²) in [6.45, 7) is 1.89. The third-order valence-corrected chi connectivity index (χ3v) is 6.89. The predicted octanol–water partition coefficient (Wildman–Crippen LogP) is 5.71. The number of amides is 2. The summed E-state index contributed by atoms with van der Waals surface area (Å²) in [5, 5.41) is 13.1. The van der Waals surface area contributed by atoms with Crippen molar-refractivity contribution in [2.45, 2.75) is 18.6 Å². The molecule has 0 bridgehead atoms. The molecule has 2 amide bonds. The van der Waals surface area contributed by atoms with Crippen molar-refractivity contribution in [3.05, 3.63) is 106 Å². The number of nitrogens with zero attached hydrogens (tertiary/aromatic N) is 2. The largest absolute Gasteiger partial charge is 0.321 e. The molecule has 1 N–H and O–H groups in total. The average Bonchev–Trinajstić information content (AvgIpc) is 3.12. The first kappa shape index (κ1) is 22.7. The summed E-state index contributed by atoms with van der Waals surface area (Å²) in [5.41, 5.74) is 2.81. The van der Waals surface area contributed by atoms with Gasteiger partial charge in [0.1, 0.15) is 16.7 Å². The molecule has 0 saturated carbocycles. The summed E-state index contributed by atoms with van der Waals surface area (Å²) in [6.07, 6.45) is 0.383. The molecule has 1 fully saturated rings. The second-order valence-corrected chi connectivity index (χ2v) is 9.07. The molecule has 0 aromatic heterocycles. The van der Waals surface area contributed by atoms with Gasteiger partial charge in [-0.2, -0.15) is 5.26 Å². The number of hydrogen-bond acceptors (Lipinski definition) is 4. The second kappa shape index (κ2) is 9.95. The number of aryl methyl sites for hydroxylation is 1. The van der Waals surface area contributed by atoms with Crippen molar-refractivity contribution in [2.75, 3.05) is 10.2 Å². The van der Waals surface area contributed by atoms with E-state index in [1.165, 1.54) is 16.7 Å². The fraction of sp³-hybridized carbons (Fsp3) is 0.115. The van der Waals surface area contributed by atoms with Crippen molar-refractivity contribution in [3.8, 4) is 6.07 Å². The minimum atomic E-state index is -0.559. The smallest absolute Gasteiger partial charge is 0.269 e. The fourth-order valence-electron chi connectivity index (χ4n) is 3.60. The molecule has 1 aliphatic rings. The van der Waals surface area contributed by atoms with Crippen LogP contribution in [0.4, 0.5) is 11.4 Å². The zero-order valence-electron chi connectivity index (χ0n) is 17.8. The Morgan fingerprint density at radius 1 is 1.06 bits per heavy atom. The van der Waals surface area contributed by atoms with Gasteiger partial charge in [0.15, 0.2) is 0 Å². The number of carbonyl (C=O) groups is 2. The van der Waals surface area contributed by atoms with E-state index >= 15 is 0 Å². The molecule has 3 aromatic rings. The predicted molar refractivity (Wildman–Crippen MR) is 133 cm³/mol. The minimum absolute atomic E-state index is 0.109. The van der Waals surface area contributed by atoms with Gasteiger partial charge in [0.2, 0.25) is 5.91 Å². The van der Waals surface area contributed by atoms with Crippen molar-refractivity contribution in [3.63, 3.8) is 0 Å². The number of hydrogen-bond donors (Lipinski definition) is 1. The Balaban J connectivity index is 1.76. The topological polar surface area (TPSA) is 73.2 Å². The Morgan fingerprint density at radius 2 is 1.73 bits per heavy atom. The maximum absolute atomic E-state index is 13.6. The van der Waals surface area contributed by atoms with Crippen LogP contribution < -0.4 is 10.2 Å². The summed E-state index contributed by atoms with van der Waals surface area (Å²) in [7, 11) is 0. The number of para-hydroxylation sites is 2. The Kier molecular flexibility index (Phi) is 6.83. The lowest BCUT2D eigenvalue weighted by molar-refractivity contribution is -0.117. The zero-order chi connectivity index (χ0) is 23.4. The van der Waals surface area contributed by atoms with E-state index in [1.807, 2.05) is 61.5 Å². The van der Waals surface area contributed by atoms with Crippen LogP contribution in [0.5, 0.6) is 0 Å². The fourth-order valence-corrected chi connectivity index (χ4v) is 5.10. The highest BCUT2D eigenvalue weighted by molar-refractivity contribution is 8.05. The molecule has 33 heavy (non-hydrogen) atoms. The van der Waals surface area contributed by atoms with E-state index in [0.717, 1.165) is 11.1 Å². The minimum Gasteiger partial charge on any atom is -0.321 e. The number of carbonyl (C=O) groups excluding carboxylic acids is 2. The van der Waals surface area contributed by atoms with Crippen LogP contribution in [-0.4, -0.2) is 17.1 Å². The molecule has 5 nitrogen and oxygen atoms in total. The van der Waals surface area contributed by atoms with Crippen molar-refractivity contribution >= 4 is 46.6 Å². The summed E-state index contributed by atoms with van der Waals surface area (Å²) < 4.78 is 0. The van der Waals surface area contributed by atoms with Crippen LogP contribution in [0, 0.1) is 18.3 Å². The molecule has 0 radical (unpaired) electrons. The maximum Gasteiger partial charge on any atom is 0.269 e. The Hall–Kier alpha value is -3.53. The van der Waals surface area contributed by atoms with Crippen LogP contribution >= 0.6 is 23.4 Å². The highest BCUT2D eigenvalue weighted by Gasteiger charge is 2.41. The second-order valence-electron chi connectivity index (χ2n) is 7.47. The summed E-state index contributed by atoms with van der Waals surface area (Å²) in [6, 6.07) is 25.7. The molecule has 7 heteroatoms. The van der Waals surface area contributed by atoms with E-state index in [2.05, 4.69) is 5.32 Å². The highest BCUT2D eigenvalue weighted by atomic mass is 35.5. The van der Waals surface area contributed by atoms with E-state index in [1.54, 1.807) is 30.3 Å². The van der Waals surface area contributed by atoms with Crippen LogP contribution in [-0.2, 0) is 16.0 Å². The number of benzene rings is 3. The standard InChI is InChI=1S/C26H20ClN3O2S/c1-17-9-5-8-14-22(17)30-25(32)23(15-18-10-6-7-13-21(18)27)33-26(30)20(16-28)24(31)29-19-11-3-2-4-12-19/h2-14,23H,15H2,1H3,(H,29,31)/b26-20-/t23-/m1/s1. The lowest BCUT2D eigenvalue weighted by Crippen LogP contribution is -2.31. The summed E-state index contributed by atoms with van der Waals surface area (Å²) in [5.74, 6) is -0.750. The van der Waals surface area contributed by atoms with Gasteiger partial charge in [0.25, 0.3) is 5.91 Å². The molecule has 0 unspecified atom stereocenters. The molecule has 0 aliphatic carbocycles. The SMILES string of the molecule is Cc1ccccc1N1C(=O)[C@@H](Cc2ccccc2Cl)S/C1=C(/C#N)C(=O)Nc1ccccc1. The zero-order valence-corrected chi connectivity index (χ0v) is 19.4. The number of nitrogens with one attached hydrogen (secondary N) is 1. The first-order valence-corrected chi connectivity index (χ1v) is 11.6. The van der Waals surface area contributed by atoms with Crippen LogP contribution in [0.2, 0.25) is 5.02 Å². The summed E-state index contributed by atoms with van der Waals surface area (Å²) in [4.78, 5) is 28.1. The normalized spacial score (nSPS) is 16.9. The molecule has 3 aromatic carbocycles. The molecule has 1 atom stereocenters. The van der Waals surface area contributed by atoms with Crippen molar-refractivity contribution in [2.24, 2.45) is 0 Å². The third kappa shape index (κ3) is 4.80. The van der Waals surface area contributed by atoms with Gasteiger partial charge in [-0.3, -0.25) is 14.5 Å². The van der Waals surface area contributed by atoms with Crippen molar-refractivity contribution in [1.29, 1.82) is 5.26 Å². The maximum atomic E-state index is 13.6. The van der Waals surface area contributed by atoms with Gasteiger partial charge in [0, 0.05) is 10.7 Å². The first-order valence-electron chi connectivity index (χ1n) is 10.3. The van der Waals surface area contributed by atoms with E-state index in [9.17, 15) is 14.9 Å². The monoisotopic (exact) mass is 473 g/mol. The van der Waals surface area contributed by atoms with Gasteiger partial charge >= 0.3 is 0 Å². The Labute approximate surface area is 201 Å². The lowest BCUT2D eigenvalue weighted by Gasteiger charge is -2.20. The van der Waals surface area contributed by atoms with Crippen LogP contribution in [0.1, 0.15) is 11.1 Å². The van der Waals surface area contributed by atoms with Crippen LogP contribution in [0.3, 0.4) is 0 Å². The van der Waals surface area contributed by atoms with Gasteiger partial charge < -0.3 is 5.32 Å². The van der Waals surface area contributed by atoms with E-state index in [4.69, 9.17) is 11.6 Å². The van der Waals surface area contributed by atoms with Gasteiger partial charge in [-0.05, 0) is 48.7 Å². The molecule has 164 valence electrons. The van der Waals surface area contributed by atoms with Crippen LogP contribution in [0.25, 0.3) is 0 Å². The van der Waals surface area contributed by atoms with Gasteiger partial charge in [-0.1, -0.05) is 78.0 Å². The van der Waals surface area contributed by atoms with E-state index in [0.29, 0.717) is 27.8 Å². The third-order valence-electron chi connectivity index (χ3n) is 5.26. The number of rotatable bonds is 5. The average molecular weight is 474 g/mol. The number of halogens is 1. The molecular weight excluding hydrogens is 454 g/mol. The van der Waals surface area contributed by atoms with Gasteiger partial charge in [-0.25, -0.2) is 0 Å². The molecular formula is C26H20ClN3O2S. The van der Waals surface area contributed by atoms with Crippen molar-refractivity contribution < 1.29 is 9.59 Å². The number of anilines is 2. The summed E-state index contributed by atoms with van der Waals surface area (Å²) >= 11 is 7.55. The molecule has 1 heterocycles. The molecule has 1 saturated heterocycles.